The Morgan fingerprint density at radius 2 is 1.62 bits per heavy atom. The van der Waals surface area contributed by atoms with Crippen molar-refractivity contribution >= 4 is 17.8 Å². The fourth-order valence-electron chi connectivity index (χ4n) is 2.85. The van der Waals surface area contributed by atoms with Gasteiger partial charge in [-0.3, -0.25) is 14.4 Å². The van der Waals surface area contributed by atoms with E-state index in [1.807, 2.05) is 38.1 Å². The lowest BCUT2D eigenvalue weighted by molar-refractivity contribution is -0.147. The van der Waals surface area contributed by atoms with Gasteiger partial charge in [-0.1, -0.05) is 63.2 Å². The zero-order valence-corrected chi connectivity index (χ0v) is 17.1. The van der Waals surface area contributed by atoms with E-state index < -0.39 is 12.6 Å². The average molecular weight is 396 g/mol. The zero-order valence-electron chi connectivity index (χ0n) is 17.1. The minimum atomic E-state index is -0.669. The molecular weight excluding hydrogens is 368 g/mol. The van der Waals surface area contributed by atoms with Crippen molar-refractivity contribution in [1.29, 1.82) is 0 Å². The van der Waals surface area contributed by atoms with Crippen LogP contribution < -0.4 is 10.6 Å². The van der Waals surface area contributed by atoms with Crippen molar-refractivity contribution in [3.63, 3.8) is 0 Å². The van der Waals surface area contributed by atoms with E-state index in [2.05, 4.69) is 17.6 Å². The predicted molar refractivity (Wildman–Crippen MR) is 111 cm³/mol. The van der Waals surface area contributed by atoms with Gasteiger partial charge < -0.3 is 15.4 Å². The Kier molecular flexibility index (Phi) is 8.40. The summed E-state index contributed by atoms with van der Waals surface area (Å²) < 4.78 is 4.98. The molecule has 0 saturated heterocycles. The Bertz CT molecular complexity index is 817. The standard InChI is InChI=1S/C23H28N2O4/c1-4-17-10-12-18(13-11-17)22(16(2)3)25-20(26)15-29-21(27)14-24-23(28)19-8-6-5-7-9-19/h5-13,16,22H,4,14-15H2,1-3H3,(H,24,28)(H,25,26)/t22-/m1/s1. The van der Waals surface area contributed by atoms with Crippen molar-refractivity contribution in [3.05, 3.63) is 71.3 Å². The highest BCUT2D eigenvalue weighted by Gasteiger charge is 2.19. The average Bonchev–Trinajstić information content (AvgIpc) is 2.74. The summed E-state index contributed by atoms with van der Waals surface area (Å²) in [6.07, 6.45) is 0.954. The van der Waals surface area contributed by atoms with Gasteiger partial charge in [0.15, 0.2) is 6.61 Å². The van der Waals surface area contributed by atoms with E-state index in [0.717, 1.165) is 12.0 Å². The number of ether oxygens (including phenoxy) is 1. The quantitative estimate of drug-likeness (QED) is 0.638. The molecule has 6 nitrogen and oxygen atoms in total. The van der Waals surface area contributed by atoms with E-state index in [0.29, 0.717) is 5.56 Å². The normalized spacial score (nSPS) is 11.6. The van der Waals surface area contributed by atoms with Crippen LogP contribution in [0, 0.1) is 5.92 Å². The first-order chi connectivity index (χ1) is 13.9. The van der Waals surface area contributed by atoms with Gasteiger partial charge in [-0.05, 0) is 35.6 Å². The van der Waals surface area contributed by atoms with Crippen LogP contribution in [0.3, 0.4) is 0 Å². The van der Waals surface area contributed by atoms with Crippen LogP contribution in [-0.4, -0.2) is 30.9 Å². The molecule has 0 bridgehead atoms. The van der Waals surface area contributed by atoms with Crippen molar-refractivity contribution in [1.82, 2.24) is 10.6 Å². The third kappa shape index (κ3) is 7.07. The summed E-state index contributed by atoms with van der Waals surface area (Å²) in [5.74, 6) is -1.25. The van der Waals surface area contributed by atoms with Crippen molar-refractivity contribution in [2.45, 2.75) is 33.2 Å². The summed E-state index contributed by atoms with van der Waals surface area (Å²) in [5, 5.41) is 5.39. The molecule has 2 N–H and O–H groups in total. The molecule has 2 aromatic rings. The molecule has 6 heteroatoms. The van der Waals surface area contributed by atoms with E-state index in [9.17, 15) is 14.4 Å². The number of benzene rings is 2. The van der Waals surface area contributed by atoms with Crippen LogP contribution in [0.25, 0.3) is 0 Å². The van der Waals surface area contributed by atoms with Gasteiger partial charge in [-0.2, -0.15) is 0 Å². The SMILES string of the molecule is CCc1ccc([C@H](NC(=O)COC(=O)CNC(=O)c2ccccc2)C(C)C)cc1. The summed E-state index contributed by atoms with van der Waals surface area (Å²) in [5.41, 5.74) is 2.69. The maximum Gasteiger partial charge on any atom is 0.325 e. The highest BCUT2D eigenvalue weighted by atomic mass is 16.5. The molecule has 0 aromatic heterocycles. The van der Waals surface area contributed by atoms with E-state index >= 15 is 0 Å². The van der Waals surface area contributed by atoms with Crippen molar-refractivity contribution in [2.75, 3.05) is 13.2 Å². The Labute approximate surface area is 171 Å². The summed E-state index contributed by atoms with van der Waals surface area (Å²) in [6, 6.07) is 16.5. The topological polar surface area (TPSA) is 84.5 Å². The lowest BCUT2D eigenvalue weighted by Gasteiger charge is -2.23. The Morgan fingerprint density at radius 1 is 0.966 bits per heavy atom. The number of esters is 1. The third-order valence-electron chi connectivity index (χ3n) is 4.52. The van der Waals surface area contributed by atoms with Crippen LogP contribution in [0.4, 0.5) is 0 Å². The summed E-state index contributed by atoms with van der Waals surface area (Å²) in [7, 11) is 0. The van der Waals surface area contributed by atoms with Crippen LogP contribution in [0.2, 0.25) is 0 Å². The van der Waals surface area contributed by atoms with Gasteiger partial charge in [-0.25, -0.2) is 0 Å². The highest BCUT2D eigenvalue weighted by molar-refractivity contribution is 5.96. The summed E-state index contributed by atoms with van der Waals surface area (Å²) in [4.78, 5) is 36.0. The molecule has 0 heterocycles. The van der Waals surface area contributed by atoms with Gasteiger partial charge in [0.05, 0.1) is 6.04 Å². The molecule has 2 aromatic carbocycles. The van der Waals surface area contributed by atoms with Crippen LogP contribution in [0.15, 0.2) is 54.6 Å². The number of carbonyl (C=O) groups excluding carboxylic acids is 3. The molecule has 0 unspecified atom stereocenters. The maximum absolute atomic E-state index is 12.2. The number of hydrogen-bond acceptors (Lipinski definition) is 4. The minimum absolute atomic E-state index is 0.173. The molecule has 0 aliphatic carbocycles. The monoisotopic (exact) mass is 396 g/mol. The number of rotatable bonds is 9. The second-order valence-corrected chi connectivity index (χ2v) is 7.09. The van der Waals surface area contributed by atoms with Crippen LogP contribution in [-0.2, 0) is 20.7 Å². The van der Waals surface area contributed by atoms with Gasteiger partial charge in [0, 0.05) is 5.56 Å². The molecule has 0 spiro atoms. The first-order valence-electron chi connectivity index (χ1n) is 9.77. The zero-order chi connectivity index (χ0) is 21.2. The first kappa shape index (κ1) is 22.1. The molecule has 0 aliphatic heterocycles. The predicted octanol–water partition coefficient (Wildman–Crippen LogP) is 3.04. The second-order valence-electron chi connectivity index (χ2n) is 7.09. The fourth-order valence-corrected chi connectivity index (χ4v) is 2.85. The van der Waals surface area contributed by atoms with E-state index in [4.69, 9.17) is 4.74 Å². The number of carbonyl (C=O) groups is 3. The third-order valence-corrected chi connectivity index (χ3v) is 4.52. The molecule has 154 valence electrons. The van der Waals surface area contributed by atoms with E-state index in [1.165, 1.54) is 5.56 Å². The Balaban J connectivity index is 1.80. The largest absolute Gasteiger partial charge is 0.454 e. The summed E-state index contributed by atoms with van der Waals surface area (Å²) >= 11 is 0. The summed E-state index contributed by atoms with van der Waals surface area (Å²) in [6.45, 7) is 5.43. The molecule has 0 radical (unpaired) electrons. The minimum Gasteiger partial charge on any atom is -0.454 e. The lowest BCUT2D eigenvalue weighted by atomic mass is 9.95. The van der Waals surface area contributed by atoms with Crippen molar-refractivity contribution < 1.29 is 19.1 Å². The molecule has 2 amide bonds. The Hall–Kier alpha value is -3.15. The van der Waals surface area contributed by atoms with E-state index in [1.54, 1.807) is 30.3 Å². The van der Waals surface area contributed by atoms with Gasteiger partial charge in [0.1, 0.15) is 6.54 Å². The fraction of sp³-hybridized carbons (Fsp3) is 0.348. The molecule has 0 saturated carbocycles. The van der Waals surface area contributed by atoms with Gasteiger partial charge in [0.2, 0.25) is 0 Å². The molecule has 29 heavy (non-hydrogen) atoms. The lowest BCUT2D eigenvalue weighted by Crippen LogP contribution is -2.36. The number of aryl methyl sites for hydroxylation is 1. The van der Waals surface area contributed by atoms with E-state index in [-0.39, 0.29) is 30.3 Å². The molecule has 2 rings (SSSR count). The molecular formula is C23H28N2O4. The highest BCUT2D eigenvalue weighted by Crippen LogP contribution is 2.22. The van der Waals surface area contributed by atoms with Gasteiger partial charge >= 0.3 is 5.97 Å². The van der Waals surface area contributed by atoms with Crippen molar-refractivity contribution in [3.8, 4) is 0 Å². The van der Waals surface area contributed by atoms with Crippen LogP contribution in [0.5, 0.6) is 0 Å². The Morgan fingerprint density at radius 3 is 2.21 bits per heavy atom. The second kappa shape index (κ2) is 11.0. The first-order valence-corrected chi connectivity index (χ1v) is 9.77. The molecule has 0 aliphatic rings. The maximum atomic E-state index is 12.2. The number of amides is 2. The van der Waals surface area contributed by atoms with Gasteiger partial charge in [0.25, 0.3) is 11.8 Å². The molecule has 1 atom stereocenters. The van der Waals surface area contributed by atoms with Gasteiger partial charge in [-0.15, -0.1) is 0 Å². The molecule has 0 fully saturated rings. The van der Waals surface area contributed by atoms with Crippen LogP contribution in [0.1, 0.15) is 48.3 Å². The van der Waals surface area contributed by atoms with Crippen LogP contribution >= 0.6 is 0 Å². The van der Waals surface area contributed by atoms with Crippen molar-refractivity contribution in [2.24, 2.45) is 5.92 Å². The number of hydrogen-bond donors (Lipinski definition) is 2. The number of nitrogens with one attached hydrogen (secondary N) is 2. The smallest absolute Gasteiger partial charge is 0.325 e.